The van der Waals surface area contributed by atoms with Crippen LogP contribution in [0.5, 0.6) is 0 Å². The third-order valence-electron chi connectivity index (χ3n) is 10.9. The van der Waals surface area contributed by atoms with E-state index < -0.39 is 83.9 Å². The van der Waals surface area contributed by atoms with Crippen LogP contribution in [0, 0.1) is 11.8 Å². The van der Waals surface area contributed by atoms with Crippen LogP contribution in [-0.2, 0) is 38.1 Å². The molecule has 4 atom stereocenters. The van der Waals surface area contributed by atoms with Gasteiger partial charge in [-0.05, 0) is 62.5 Å². The number of nitrogens with one attached hydrogen (secondary N) is 2. The van der Waals surface area contributed by atoms with Gasteiger partial charge >= 0.3 is 24.1 Å². The van der Waals surface area contributed by atoms with E-state index in [1.54, 1.807) is 90.1 Å². The normalized spacial score (nSPS) is 19.9. The minimum Gasteiger partial charge on any atom is -0.456 e. The molecule has 0 radical (unpaired) electrons. The van der Waals surface area contributed by atoms with Crippen LogP contribution in [0.4, 0.5) is 9.59 Å². The minimum absolute atomic E-state index is 0.281. The number of ketones is 2. The number of likely N-dealkylation sites (tertiary alicyclic amines) is 2. The van der Waals surface area contributed by atoms with Gasteiger partial charge in [0.25, 0.3) is 0 Å². The number of hydrogen-bond acceptors (Lipinski definition) is 12. The monoisotopic (exact) mass is 806 g/mol. The van der Waals surface area contributed by atoms with E-state index in [1.165, 1.54) is 24.0 Å². The minimum atomic E-state index is -1.32. The Morgan fingerprint density at radius 1 is 0.586 bits per heavy atom. The number of carbonyl (C=O) groups excluding carboxylic acids is 8. The summed E-state index contributed by atoms with van der Waals surface area (Å²) in [5.74, 6) is -3.78. The third-order valence-corrected chi connectivity index (χ3v) is 10.9. The molecule has 2 N–H and O–H groups in total. The average Bonchev–Trinajstić information content (AvgIpc) is 3.82. The van der Waals surface area contributed by atoms with Gasteiger partial charge < -0.3 is 39.4 Å². The fourth-order valence-electron chi connectivity index (χ4n) is 7.23. The van der Waals surface area contributed by atoms with Crippen molar-refractivity contribution in [3.8, 4) is 11.1 Å². The van der Waals surface area contributed by atoms with E-state index >= 15 is 0 Å². The highest BCUT2D eigenvalue weighted by Gasteiger charge is 2.50. The molecule has 0 saturated carbocycles. The Labute approximate surface area is 338 Å². The summed E-state index contributed by atoms with van der Waals surface area (Å²) in [6.07, 6.45) is 0.219. The highest BCUT2D eigenvalue weighted by molar-refractivity contribution is 6.01. The van der Waals surface area contributed by atoms with Crippen LogP contribution in [0.3, 0.4) is 0 Å². The highest BCUT2D eigenvalue weighted by atomic mass is 16.6. The summed E-state index contributed by atoms with van der Waals surface area (Å²) in [5.41, 5.74) is -0.556. The smallest absolute Gasteiger partial charge is 0.407 e. The molecule has 0 aliphatic carbocycles. The van der Waals surface area contributed by atoms with Crippen LogP contribution in [0.25, 0.3) is 11.1 Å². The van der Waals surface area contributed by atoms with Gasteiger partial charge in [0.1, 0.15) is 23.2 Å². The number of amides is 4. The first-order valence-electron chi connectivity index (χ1n) is 19.3. The molecule has 314 valence electrons. The summed E-state index contributed by atoms with van der Waals surface area (Å²) < 4.78 is 20.2. The second-order valence-electron chi connectivity index (χ2n) is 15.6. The molecule has 16 heteroatoms. The number of benzene rings is 2. The number of carbonyl (C=O) groups is 8. The molecule has 4 amide bonds. The molecular formula is C42H54N4O12. The number of ether oxygens (including phenoxy) is 4. The summed E-state index contributed by atoms with van der Waals surface area (Å²) in [6, 6.07) is 11.4. The zero-order chi connectivity index (χ0) is 42.9. The fourth-order valence-corrected chi connectivity index (χ4v) is 7.23. The lowest BCUT2D eigenvalue weighted by molar-refractivity contribution is -0.160. The number of methoxy groups -OCH3 is 2. The highest BCUT2D eigenvalue weighted by Crippen LogP contribution is 2.33. The summed E-state index contributed by atoms with van der Waals surface area (Å²) in [5, 5.41) is 5.07. The molecule has 2 aromatic carbocycles. The van der Waals surface area contributed by atoms with E-state index in [4.69, 9.17) is 9.47 Å². The van der Waals surface area contributed by atoms with Crippen molar-refractivity contribution in [2.75, 3.05) is 40.5 Å². The van der Waals surface area contributed by atoms with Gasteiger partial charge in [-0.1, -0.05) is 76.2 Å². The Bertz CT molecular complexity index is 1740. The molecule has 0 spiro atoms. The number of hydrogen-bond donors (Lipinski definition) is 2. The molecule has 2 heterocycles. The standard InChI is InChI=1S/C42H54N4O12/c1-25(2)33(43-39(53)55-7)35(49)45-21-9-19-41(45,5)37(51)57-23-31(47)29-15-11-27(12-16-29)28-13-17-30(18-14-28)32(48)24-58-38(52)42(6)20-10-22-46(42)36(50)34(26(3)4)44-40(54)56-8/h11-18,25-26,33-34H,9-10,19-24H2,1-8H3,(H,43,53)(H,44,54)/t33-,34-,41-,42-/m0/s1. The Kier molecular flexibility index (Phi) is 14.8. The third kappa shape index (κ3) is 10.0. The summed E-state index contributed by atoms with van der Waals surface area (Å²) in [6.45, 7) is 9.74. The first-order chi connectivity index (χ1) is 27.4. The van der Waals surface area contributed by atoms with Crippen LogP contribution in [0.15, 0.2) is 48.5 Å². The Balaban J connectivity index is 1.32. The summed E-state index contributed by atoms with van der Waals surface area (Å²) in [7, 11) is 2.39. The first-order valence-corrected chi connectivity index (χ1v) is 19.3. The van der Waals surface area contributed by atoms with Crippen molar-refractivity contribution in [3.63, 3.8) is 0 Å². The molecule has 2 aliphatic rings. The summed E-state index contributed by atoms with van der Waals surface area (Å²) >= 11 is 0. The van der Waals surface area contributed by atoms with Crippen molar-refractivity contribution >= 4 is 47.5 Å². The lowest BCUT2D eigenvalue weighted by Crippen LogP contribution is -2.58. The molecule has 58 heavy (non-hydrogen) atoms. The molecule has 2 fully saturated rings. The molecule has 0 bridgehead atoms. The lowest BCUT2D eigenvalue weighted by Gasteiger charge is -2.36. The van der Waals surface area contributed by atoms with E-state index in [0.29, 0.717) is 36.8 Å². The van der Waals surface area contributed by atoms with Crippen molar-refractivity contribution in [2.24, 2.45) is 11.8 Å². The average molecular weight is 807 g/mol. The molecule has 2 saturated heterocycles. The van der Waals surface area contributed by atoms with Crippen molar-refractivity contribution in [1.82, 2.24) is 20.4 Å². The second kappa shape index (κ2) is 19.1. The molecular weight excluding hydrogens is 752 g/mol. The number of alkyl carbamates (subject to hydrolysis) is 2. The van der Waals surface area contributed by atoms with E-state index in [9.17, 15) is 38.4 Å². The summed E-state index contributed by atoms with van der Waals surface area (Å²) in [4.78, 5) is 106. The van der Waals surface area contributed by atoms with Crippen LogP contribution >= 0.6 is 0 Å². The SMILES string of the molecule is COC(=O)N[C@H](C(=O)N1CCC[C@@]1(C)C(=O)OCC(=O)c1ccc(-c2ccc(C(=O)COC(=O)[C@]3(C)CCCN3C(=O)[C@@H](NC(=O)OC)C(C)C)cc2)cc1)C(C)C. The Morgan fingerprint density at radius 3 is 1.21 bits per heavy atom. The maximum atomic E-state index is 13.4. The predicted molar refractivity (Wildman–Crippen MR) is 209 cm³/mol. The van der Waals surface area contributed by atoms with Gasteiger partial charge in [0, 0.05) is 24.2 Å². The number of rotatable bonds is 15. The van der Waals surface area contributed by atoms with Gasteiger partial charge in [-0.2, -0.15) is 0 Å². The first kappa shape index (κ1) is 44.9. The molecule has 2 aromatic rings. The van der Waals surface area contributed by atoms with E-state index in [-0.39, 0.29) is 24.9 Å². The van der Waals surface area contributed by atoms with Crippen molar-refractivity contribution in [3.05, 3.63) is 59.7 Å². The zero-order valence-corrected chi connectivity index (χ0v) is 34.4. The number of Topliss-reactive ketones (excluding diaryl/α,β-unsaturated/α-hetero) is 2. The van der Waals surface area contributed by atoms with Crippen LogP contribution in [-0.4, -0.2) is 121 Å². The van der Waals surface area contributed by atoms with E-state index in [2.05, 4.69) is 20.1 Å². The van der Waals surface area contributed by atoms with Gasteiger partial charge in [0.2, 0.25) is 11.8 Å². The quantitative estimate of drug-likeness (QED) is 0.147. The lowest BCUT2D eigenvalue weighted by atomic mass is 9.96. The van der Waals surface area contributed by atoms with Crippen LogP contribution < -0.4 is 10.6 Å². The zero-order valence-electron chi connectivity index (χ0n) is 34.4. The van der Waals surface area contributed by atoms with Gasteiger partial charge in [0.05, 0.1) is 14.2 Å². The van der Waals surface area contributed by atoms with Crippen molar-refractivity contribution in [1.29, 1.82) is 0 Å². The molecule has 2 aliphatic heterocycles. The number of nitrogens with zero attached hydrogens (tertiary/aromatic N) is 2. The Morgan fingerprint density at radius 2 is 0.914 bits per heavy atom. The van der Waals surface area contributed by atoms with Gasteiger partial charge in [0.15, 0.2) is 24.8 Å². The Hall–Kier alpha value is -5.80. The molecule has 16 nitrogen and oxygen atoms in total. The van der Waals surface area contributed by atoms with E-state index in [1.807, 2.05) is 0 Å². The molecule has 4 rings (SSSR count). The predicted octanol–water partition coefficient (Wildman–Crippen LogP) is 4.33. The maximum absolute atomic E-state index is 13.4. The maximum Gasteiger partial charge on any atom is 0.407 e. The topological polar surface area (TPSA) is 204 Å². The second-order valence-corrected chi connectivity index (χ2v) is 15.6. The van der Waals surface area contributed by atoms with E-state index in [0.717, 1.165) is 11.1 Å². The van der Waals surface area contributed by atoms with Crippen LogP contribution in [0.1, 0.15) is 87.9 Å². The molecule has 0 unspecified atom stereocenters. The number of esters is 2. The molecule has 0 aromatic heterocycles. The largest absolute Gasteiger partial charge is 0.456 e. The van der Waals surface area contributed by atoms with Crippen LogP contribution in [0.2, 0.25) is 0 Å². The van der Waals surface area contributed by atoms with Gasteiger partial charge in [-0.25, -0.2) is 19.2 Å². The van der Waals surface area contributed by atoms with Gasteiger partial charge in [-0.15, -0.1) is 0 Å². The fraction of sp³-hybridized carbons (Fsp3) is 0.524. The van der Waals surface area contributed by atoms with Crippen molar-refractivity contribution < 1.29 is 57.3 Å². The van der Waals surface area contributed by atoms with Gasteiger partial charge in [-0.3, -0.25) is 19.2 Å². The van der Waals surface area contributed by atoms with Crippen molar-refractivity contribution in [2.45, 2.75) is 90.4 Å².